The lowest BCUT2D eigenvalue weighted by Crippen LogP contribution is -2.22. The van der Waals surface area contributed by atoms with E-state index in [4.69, 9.17) is 10.5 Å². The highest BCUT2D eigenvalue weighted by molar-refractivity contribution is 5.43. The van der Waals surface area contributed by atoms with Crippen molar-refractivity contribution in [3.63, 3.8) is 0 Å². The minimum absolute atomic E-state index is 0.327. The van der Waals surface area contributed by atoms with Crippen LogP contribution in [0.5, 0.6) is 0 Å². The first-order valence-electron chi connectivity index (χ1n) is 7.52. The van der Waals surface area contributed by atoms with E-state index in [0.717, 1.165) is 44.1 Å². The molecule has 1 fully saturated rings. The lowest BCUT2D eigenvalue weighted by atomic mass is 10.0. The Morgan fingerprint density at radius 2 is 2.32 bits per heavy atom. The molecule has 3 heterocycles. The zero-order valence-electron chi connectivity index (χ0n) is 13.1. The maximum Gasteiger partial charge on any atom is 0.222 e. The summed E-state index contributed by atoms with van der Waals surface area (Å²) in [7, 11) is 3.95. The molecule has 3 rings (SSSR count). The number of hydrogen-bond donors (Lipinski definition) is 1. The Balaban J connectivity index is 1.69. The fraction of sp³-hybridized carbons (Fsp3) is 0.533. The molecular weight excluding hydrogens is 280 g/mol. The first-order valence-corrected chi connectivity index (χ1v) is 7.52. The summed E-state index contributed by atoms with van der Waals surface area (Å²) in [6.45, 7) is 2.36. The lowest BCUT2D eigenvalue weighted by Gasteiger charge is -2.19. The normalized spacial score (nSPS) is 17.8. The number of rotatable bonds is 5. The van der Waals surface area contributed by atoms with Gasteiger partial charge in [0.25, 0.3) is 0 Å². The van der Waals surface area contributed by atoms with Crippen molar-refractivity contribution in [1.82, 2.24) is 19.7 Å². The first kappa shape index (κ1) is 14.8. The van der Waals surface area contributed by atoms with E-state index >= 15 is 0 Å². The van der Waals surface area contributed by atoms with Crippen LogP contribution in [0.1, 0.15) is 23.6 Å². The van der Waals surface area contributed by atoms with Crippen molar-refractivity contribution in [2.75, 3.05) is 37.4 Å². The van der Waals surface area contributed by atoms with Crippen LogP contribution in [0.4, 0.5) is 11.8 Å². The molecule has 118 valence electrons. The van der Waals surface area contributed by atoms with Crippen molar-refractivity contribution >= 4 is 11.8 Å². The summed E-state index contributed by atoms with van der Waals surface area (Å²) in [6, 6.07) is 2.03. The van der Waals surface area contributed by atoms with Gasteiger partial charge in [-0.05, 0) is 18.4 Å². The van der Waals surface area contributed by atoms with E-state index in [1.165, 1.54) is 5.56 Å². The van der Waals surface area contributed by atoms with Crippen LogP contribution in [0.3, 0.4) is 0 Å². The average molecular weight is 302 g/mol. The molecule has 22 heavy (non-hydrogen) atoms. The molecule has 1 aliphatic heterocycles. The lowest BCUT2D eigenvalue weighted by molar-refractivity contribution is 0.193. The summed E-state index contributed by atoms with van der Waals surface area (Å²) in [4.78, 5) is 10.8. The van der Waals surface area contributed by atoms with Crippen LogP contribution in [0, 0.1) is 0 Å². The zero-order chi connectivity index (χ0) is 15.5. The molecule has 1 saturated heterocycles. The molecule has 0 radical (unpaired) electrons. The smallest absolute Gasteiger partial charge is 0.222 e. The van der Waals surface area contributed by atoms with Crippen molar-refractivity contribution in [3.05, 3.63) is 29.7 Å². The van der Waals surface area contributed by atoms with Gasteiger partial charge in [-0.15, -0.1) is 0 Å². The Morgan fingerprint density at radius 3 is 3.00 bits per heavy atom. The fourth-order valence-corrected chi connectivity index (χ4v) is 2.66. The van der Waals surface area contributed by atoms with Gasteiger partial charge in [0.1, 0.15) is 5.82 Å². The number of ether oxygens (including phenoxy) is 1. The predicted octanol–water partition coefficient (Wildman–Crippen LogP) is 0.975. The van der Waals surface area contributed by atoms with Crippen LogP contribution in [0.15, 0.2) is 18.5 Å². The molecule has 0 unspecified atom stereocenters. The SMILES string of the molecule is CN(CCc1cnn(C)c1)c1cc([C@@H]2CCOC2)nc(N)n1. The predicted molar refractivity (Wildman–Crippen MR) is 84.8 cm³/mol. The minimum atomic E-state index is 0.327. The largest absolute Gasteiger partial charge is 0.381 e. The second-order valence-electron chi connectivity index (χ2n) is 5.76. The number of nitrogen functional groups attached to an aromatic ring is 1. The molecule has 0 spiro atoms. The Labute approximate surface area is 130 Å². The Morgan fingerprint density at radius 1 is 1.45 bits per heavy atom. The fourth-order valence-electron chi connectivity index (χ4n) is 2.66. The van der Waals surface area contributed by atoms with Crippen molar-refractivity contribution in [3.8, 4) is 0 Å². The van der Waals surface area contributed by atoms with Crippen molar-refractivity contribution < 1.29 is 4.74 Å². The van der Waals surface area contributed by atoms with Crippen LogP contribution in [-0.2, 0) is 18.2 Å². The number of likely N-dealkylation sites (N-methyl/N-ethyl adjacent to an activating group) is 1. The number of aromatic nitrogens is 4. The van der Waals surface area contributed by atoms with E-state index in [1.54, 1.807) is 0 Å². The molecular formula is C15H22N6O. The van der Waals surface area contributed by atoms with E-state index < -0.39 is 0 Å². The molecule has 1 atom stereocenters. The number of anilines is 2. The summed E-state index contributed by atoms with van der Waals surface area (Å²) < 4.78 is 7.25. The van der Waals surface area contributed by atoms with Gasteiger partial charge in [-0.3, -0.25) is 4.68 Å². The third kappa shape index (κ3) is 3.36. The van der Waals surface area contributed by atoms with Gasteiger partial charge in [0.05, 0.1) is 18.5 Å². The number of aryl methyl sites for hydroxylation is 1. The zero-order valence-corrected chi connectivity index (χ0v) is 13.1. The number of nitrogens with zero attached hydrogens (tertiary/aromatic N) is 5. The van der Waals surface area contributed by atoms with Gasteiger partial charge in [0.2, 0.25) is 5.95 Å². The highest BCUT2D eigenvalue weighted by Gasteiger charge is 2.21. The Bertz CT molecular complexity index is 635. The number of hydrogen-bond acceptors (Lipinski definition) is 6. The van der Waals surface area contributed by atoms with E-state index in [-0.39, 0.29) is 0 Å². The third-order valence-electron chi connectivity index (χ3n) is 3.98. The van der Waals surface area contributed by atoms with Gasteiger partial charge >= 0.3 is 0 Å². The molecule has 2 N–H and O–H groups in total. The molecule has 2 aromatic heterocycles. The molecule has 0 aliphatic carbocycles. The first-order chi connectivity index (χ1) is 10.6. The van der Waals surface area contributed by atoms with Gasteiger partial charge in [0, 0.05) is 45.4 Å². The Hall–Kier alpha value is -2.15. The summed E-state index contributed by atoms with van der Waals surface area (Å²) in [5.41, 5.74) is 8.06. The highest BCUT2D eigenvalue weighted by atomic mass is 16.5. The van der Waals surface area contributed by atoms with Crippen LogP contribution in [0.2, 0.25) is 0 Å². The average Bonchev–Trinajstić information content (AvgIpc) is 3.15. The quantitative estimate of drug-likeness (QED) is 0.886. The van der Waals surface area contributed by atoms with Crippen molar-refractivity contribution in [1.29, 1.82) is 0 Å². The van der Waals surface area contributed by atoms with Gasteiger partial charge in [0.15, 0.2) is 0 Å². The van der Waals surface area contributed by atoms with Crippen LogP contribution in [0.25, 0.3) is 0 Å². The van der Waals surface area contributed by atoms with Gasteiger partial charge < -0.3 is 15.4 Å². The van der Waals surface area contributed by atoms with E-state index in [2.05, 4.69) is 20.0 Å². The van der Waals surface area contributed by atoms with Crippen molar-refractivity contribution in [2.45, 2.75) is 18.8 Å². The second kappa shape index (κ2) is 6.31. The third-order valence-corrected chi connectivity index (χ3v) is 3.98. The maximum absolute atomic E-state index is 5.87. The molecule has 0 bridgehead atoms. The summed E-state index contributed by atoms with van der Waals surface area (Å²) >= 11 is 0. The number of nitrogens with two attached hydrogens (primary N) is 1. The van der Waals surface area contributed by atoms with E-state index in [1.807, 2.05) is 37.2 Å². The molecule has 1 aliphatic rings. The van der Waals surface area contributed by atoms with Crippen LogP contribution in [-0.4, -0.2) is 46.6 Å². The minimum Gasteiger partial charge on any atom is -0.381 e. The van der Waals surface area contributed by atoms with E-state index in [9.17, 15) is 0 Å². The molecule has 2 aromatic rings. The molecule has 0 aromatic carbocycles. The van der Waals surface area contributed by atoms with Gasteiger partial charge in [-0.25, -0.2) is 4.98 Å². The summed E-state index contributed by atoms with van der Waals surface area (Å²) in [5.74, 6) is 1.52. The van der Waals surface area contributed by atoms with Gasteiger partial charge in [-0.1, -0.05) is 0 Å². The van der Waals surface area contributed by atoms with Crippen molar-refractivity contribution in [2.24, 2.45) is 7.05 Å². The van der Waals surface area contributed by atoms with Crippen LogP contribution < -0.4 is 10.6 Å². The highest BCUT2D eigenvalue weighted by Crippen LogP contribution is 2.26. The molecule has 0 saturated carbocycles. The van der Waals surface area contributed by atoms with Gasteiger partial charge in [-0.2, -0.15) is 10.1 Å². The maximum atomic E-state index is 5.87. The molecule has 7 heteroatoms. The standard InChI is InChI=1S/C15H22N6O/c1-20(5-3-11-8-17-21(2)9-11)14-7-13(18-15(16)19-14)12-4-6-22-10-12/h7-9,12H,3-6,10H2,1-2H3,(H2,16,18,19)/t12-/m1/s1. The van der Waals surface area contributed by atoms with E-state index in [0.29, 0.717) is 11.9 Å². The Kier molecular flexibility index (Phi) is 4.24. The summed E-state index contributed by atoms with van der Waals surface area (Å²) in [6.07, 6.45) is 5.83. The topological polar surface area (TPSA) is 82.1 Å². The molecule has 7 nitrogen and oxygen atoms in total. The monoisotopic (exact) mass is 302 g/mol. The van der Waals surface area contributed by atoms with Crippen LogP contribution >= 0.6 is 0 Å². The second-order valence-corrected chi connectivity index (χ2v) is 5.76. The summed E-state index contributed by atoms with van der Waals surface area (Å²) in [5, 5.41) is 4.19. The molecule has 0 amide bonds.